The Labute approximate surface area is 157 Å². The van der Waals surface area contributed by atoms with E-state index in [-0.39, 0.29) is 0 Å². The fourth-order valence-corrected chi connectivity index (χ4v) is 3.80. The molecule has 0 saturated heterocycles. The van der Waals surface area contributed by atoms with E-state index in [1.165, 1.54) is 16.7 Å². The predicted molar refractivity (Wildman–Crippen MR) is 110 cm³/mol. The molecule has 2 nitrogen and oxygen atoms in total. The van der Waals surface area contributed by atoms with Crippen LogP contribution in [-0.4, -0.2) is 4.57 Å². The predicted octanol–water partition coefficient (Wildman–Crippen LogP) is 6.06. The van der Waals surface area contributed by atoms with Gasteiger partial charge in [-0.25, -0.2) is 4.99 Å². The average molecular weight is 356 g/mol. The highest BCUT2D eigenvalue weighted by Crippen LogP contribution is 2.24. The molecule has 0 radical (unpaired) electrons. The Kier molecular flexibility index (Phi) is 4.55. The number of aromatic nitrogens is 1. The Hall–Kier alpha value is -2.91. The highest BCUT2D eigenvalue weighted by Gasteiger charge is 2.10. The molecule has 0 aliphatic rings. The van der Waals surface area contributed by atoms with Gasteiger partial charge in [0.15, 0.2) is 4.80 Å². The van der Waals surface area contributed by atoms with Crippen molar-refractivity contribution in [1.29, 1.82) is 0 Å². The lowest BCUT2D eigenvalue weighted by Crippen LogP contribution is -2.13. The number of thiazole rings is 1. The van der Waals surface area contributed by atoms with E-state index in [0.717, 1.165) is 21.9 Å². The van der Waals surface area contributed by atoms with E-state index < -0.39 is 0 Å². The van der Waals surface area contributed by atoms with Crippen molar-refractivity contribution in [2.75, 3.05) is 0 Å². The minimum atomic E-state index is 0.969. The molecule has 4 rings (SSSR count). The van der Waals surface area contributed by atoms with Crippen LogP contribution in [0.25, 0.3) is 16.9 Å². The largest absolute Gasteiger partial charge is 0.285 e. The van der Waals surface area contributed by atoms with E-state index in [2.05, 4.69) is 96.6 Å². The highest BCUT2D eigenvalue weighted by atomic mass is 32.1. The monoisotopic (exact) mass is 356 g/mol. The molecule has 0 aliphatic carbocycles. The molecule has 1 aromatic heterocycles. The highest BCUT2D eigenvalue weighted by molar-refractivity contribution is 7.07. The Bertz CT molecular complexity index is 1070. The van der Waals surface area contributed by atoms with Crippen molar-refractivity contribution >= 4 is 17.0 Å². The topological polar surface area (TPSA) is 17.3 Å². The molecule has 3 aromatic carbocycles. The van der Waals surface area contributed by atoms with Crippen LogP contribution in [0.3, 0.4) is 0 Å². The fourth-order valence-electron chi connectivity index (χ4n) is 2.87. The lowest BCUT2D eigenvalue weighted by molar-refractivity contribution is 1.01. The standard InChI is InChI=1S/C23H20N2S/c1-17-8-12-20(13-9-17)24-23-25(21-14-10-18(2)11-15-21)22(16-26-23)19-6-4-3-5-7-19/h3-16H,1-2H3. The summed E-state index contributed by atoms with van der Waals surface area (Å²) in [6.45, 7) is 4.20. The van der Waals surface area contributed by atoms with E-state index in [1.54, 1.807) is 11.3 Å². The number of hydrogen-bond donors (Lipinski definition) is 0. The van der Waals surface area contributed by atoms with Crippen molar-refractivity contribution in [3.8, 4) is 16.9 Å². The molecular formula is C23H20N2S. The fraction of sp³-hybridized carbons (Fsp3) is 0.0870. The van der Waals surface area contributed by atoms with E-state index in [0.29, 0.717) is 0 Å². The second-order valence-electron chi connectivity index (χ2n) is 6.39. The van der Waals surface area contributed by atoms with Crippen molar-refractivity contribution in [3.63, 3.8) is 0 Å². The number of benzene rings is 3. The van der Waals surface area contributed by atoms with E-state index in [1.807, 2.05) is 6.07 Å². The summed E-state index contributed by atoms with van der Waals surface area (Å²) in [5.74, 6) is 0. The molecule has 0 unspecified atom stereocenters. The third kappa shape index (κ3) is 3.39. The van der Waals surface area contributed by atoms with Crippen LogP contribution in [0.2, 0.25) is 0 Å². The van der Waals surface area contributed by atoms with Crippen LogP contribution in [0.5, 0.6) is 0 Å². The molecule has 0 bridgehead atoms. The van der Waals surface area contributed by atoms with E-state index in [9.17, 15) is 0 Å². The second-order valence-corrected chi connectivity index (χ2v) is 7.22. The van der Waals surface area contributed by atoms with Crippen molar-refractivity contribution in [3.05, 3.63) is 100 Å². The summed E-state index contributed by atoms with van der Waals surface area (Å²) in [6.07, 6.45) is 0. The molecule has 0 aliphatic heterocycles. The Balaban J connectivity index is 1.93. The summed E-state index contributed by atoms with van der Waals surface area (Å²) in [6, 6.07) is 27.4. The number of aryl methyl sites for hydroxylation is 2. The minimum absolute atomic E-state index is 0.969. The smallest absolute Gasteiger partial charge is 0.195 e. The molecule has 1 heterocycles. The van der Waals surface area contributed by atoms with Crippen LogP contribution in [0.15, 0.2) is 89.2 Å². The third-order valence-corrected chi connectivity index (χ3v) is 5.15. The molecule has 26 heavy (non-hydrogen) atoms. The van der Waals surface area contributed by atoms with E-state index >= 15 is 0 Å². The molecule has 0 spiro atoms. The van der Waals surface area contributed by atoms with Gasteiger partial charge in [-0.15, -0.1) is 11.3 Å². The van der Waals surface area contributed by atoms with Gasteiger partial charge in [-0.2, -0.15) is 0 Å². The van der Waals surface area contributed by atoms with Gasteiger partial charge < -0.3 is 0 Å². The summed E-state index contributed by atoms with van der Waals surface area (Å²) in [4.78, 5) is 5.88. The van der Waals surface area contributed by atoms with Crippen molar-refractivity contribution in [2.24, 2.45) is 4.99 Å². The maximum atomic E-state index is 4.91. The van der Waals surface area contributed by atoms with Crippen molar-refractivity contribution < 1.29 is 0 Å². The van der Waals surface area contributed by atoms with Crippen LogP contribution >= 0.6 is 11.3 Å². The quantitative estimate of drug-likeness (QED) is 0.425. The van der Waals surface area contributed by atoms with Crippen LogP contribution in [0.4, 0.5) is 5.69 Å². The van der Waals surface area contributed by atoms with Gasteiger partial charge in [-0.1, -0.05) is 65.7 Å². The zero-order chi connectivity index (χ0) is 17.9. The van der Waals surface area contributed by atoms with Crippen LogP contribution in [0.1, 0.15) is 11.1 Å². The summed E-state index contributed by atoms with van der Waals surface area (Å²) in [7, 11) is 0. The van der Waals surface area contributed by atoms with Crippen LogP contribution in [-0.2, 0) is 0 Å². The van der Waals surface area contributed by atoms with Gasteiger partial charge in [-0.05, 0) is 43.7 Å². The second kappa shape index (κ2) is 7.14. The summed E-state index contributed by atoms with van der Waals surface area (Å²) in [5.41, 5.74) is 6.94. The molecule has 0 amide bonds. The zero-order valence-electron chi connectivity index (χ0n) is 14.9. The van der Waals surface area contributed by atoms with Gasteiger partial charge in [0.05, 0.1) is 11.4 Å². The zero-order valence-corrected chi connectivity index (χ0v) is 15.7. The summed E-state index contributed by atoms with van der Waals surface area (Å²) >= 11 is 1.67. The molecule has 3 heteroatoms. The molecule has 0 N–H and O–H groups in total. The van der Waals surface area contributed by atoms with Gasteiger partial charge >= 0.3 is 0 Å². The van der Waals surface area contributed by atoms with Crippen LogP contribution in [0, 0.1) is 13.8 Å². The first kappa shape index (κ1) is 16.6. The van der Waals surface area contributed by atoms with Crippen molar-refractivity contribution in [1.82, 2.24) is 4.57 Å². The normalized spacial score (nSPS) is 11.7. The molecule has 128 valence electrons. The summed E-state index contributed by atoms with van der Waals surface area (Å²) in [5, 5.41) is 2.18. The molecule has 0 saturated carbocycles. The first-order chi connectivity index (χ1) is 12.7. The lowest BCUT2D eigenvalue weighted by Gasteiger charge is -2.10. The Morgan fingerprint density at radius 3 is 2.00 bits per heavy atom. The third-order valence-electron chi connectivity index (χ3n) is 4.33. The van der Waals surface area contributed by atoms with Gasteiger partial charge in [0.2, 0.25) is 0 Å². The number of rotatable bonds is 3. The maximum absolute atomic E-state index is 4.91. The van der Waals surface area contributed by atoms with Gasteiger partial charge in [0.1, 0.15) is 0 Å². The van der Waals surface area contributed by atoms with E-state index in [4.69, 9.17) is 4.99 Å². The Morgan fingerprint density at radius 1 is 0.731 bits per heavy atom. The average Bonchev–Trinajstić information content (AvgIpc) is 3.08. The Morgan fingerprint density at radius 2 is 1.35 bits per heavy atom. The number of nitrogens with zero attached hydrogens (tertiary/aromatic N) is 2. The SMILES string of the molecule is Cc1ccc(N=c2scc(-c3ccccc3)n2-c2ccc(C)cc2)cc1. The molecule has 0 atom stereocenters. The lowest BCUT2D eigenvalue weighted by atomic mass is 10.1. The summed E-state index contributed by atoms with van der Waals surface area (Å²) < 4.78 is 2.24. The molecule has 4 aromatic rings. The molecule has 0 fully saturated rings. The maximum Gasteiger partial charge on any atom is 0.195 e. The first-order valence-electron chi connectivity index (χ1n) is 8.65. The van der Waals surface area contributed by atoms with Gasteiger partial charge in [-0.3, -0.25) is 4.57 Å². The van der Waals surface area contributed by atoms with Gasteiger partial charge in [0, 0.05) is 11.1 Å². The first-order valence-corrected chi connectivity index (χ1v) is 9.53. The number of hydrogen-bond acceptors (Lipinski definition) is 2. The van der Waals surface area contributed by atoms with Gasteiger partial charge in [0.25, 0.3) is 0 Å². The van der Waals surface area contributed by atoms with Crippen LogP contribution < -0.4 is 4.80 Å². The minimum Gasteiger partial charge on any atom is -0.285 e. The van der Waals surface area contributed by atoms with Crippen molar-refractivity contribution in [2.45, 2.75) is 13.8 Å². The molecular weight excluding hydrogens is 336 g/mol.